The van der Waals surface area contributed by atoms with Crippen LogP contribution >= 0.6 is 0 Å². The third kappa shape index (κ3) is 3.23. The average molecular weight is 689 g/mol. The Labute approximate surface area is 311 Å². The van der Waals surface area contributed by atoms with Crippen LogP contribution in [-0.2, 0) is 10.8 Å². The van der Waals surface area contributed by atoms with Gasteiger partial charge in [0, 0.05) is 32.5 Å². The lowest BCUT2D eigenvalue weighted by atomic mass is 9.70. The molecule has 1 spiro atoms. The largest absolute Gasteiger partial charge is 0.456 e. The standard InChI is InChI=1S/C52H32O2/c1-51(2)37-18-8-3-15-32(37)36-27-29(23-24-38(36)51)35-28-42-49(47-34-17-7-12-22-44(34)54-50(35)47)48-41(25-26-45-46(48)33-16-6-11-21-43(33)53-45)52(42)39-19-9-4-13-30(39)31-14-5-10-20-40(31)52/h3-28H,1-2H3. The SMILES string of the molecule is CC1(C)c2ccccc2-c2cc(-c3cc4c(c5c3oc3ccccc35)-c3c(ccc5oc6ccccc6c35)C43c4ccccc4-c4ccccc43)ccc21. The molecular weight excluding hydrogens is 657 g/mol. The van der Waals surface area contributed by atoms with Gasteiger partial charge in [-0.2, -0.15) is 0 Å². The summed E-state index contributed by atoms with van der Waals surface area (Å²) in [4.78, 5) is 0. The Hall–Kier alpha value is -6.64. The van der Waals surface area contributed by atoms with Gasteiger partial charge in [-0.3, -0.25) is 0 Å². The number of para-hydroxylation sites is 2. The van der Waals surface area contributed by atoms with Gasteiger partial charge in [0.1, 0.15) is 22.3 Å². The van der Waals surface area contributed by atoms with Crippen LogP contribution in [0, 0.1) is 0 Å². The van der Waals surface area contributed by atoms with Gasteiger partial charge in [0.25, 0.3) is 0 Å². The normalized spacial score (nSPS) is 15.1. The Morgan fingerprint density at radius 3 is 1.63 bits per heavy atom. The first-order valence-corrected chi connectivity index (χ1v) is 18.9. The highest BCUT2D eigenvalue weighted by Gasteiger charge is 2.53. The van der Waals surface area contributed by atoms with Crippen LogP contribution in [0.4, 0.5) is 0 Å². The number of hydrogen-bond donors (Lipinski definition) is 0. The van der Waals surface area contributed by atoms with E-state index in [2.05, 4.69) is 172 Å². The summed E-state index contributed by atoms with van der Waals surface area (Å²) in [6.45, 7) is 4.70. The van der Waals surface area contributed by atoms with Crippen molar-refractivity contribution in [2.75, 3.05) is 0 Å². The Morgan fingerprint density at radius 1 is 0.370 bits per heavy atom. The van der Waals surface area contributed by atoms with Crippen molar-refractivity contribution in [1.29, 1.82) is 0 Å². The Balaban J connectivity index is 1.25. The van der Waals surface area contributed by atoms with Crippen molar-refractivity contribution >= 4 is 43.9 Å². The fourth-order valence-electron chi connectivity index (χ4n) is 10.9. The predicted molar refractivity (Wildman–Crippen MR) is 220 cm³/mol. The first-order chi connectivity index (χ1) is 26.5. The van der Waals surface area contributed by atoms with Crippen LogP contribution in [0.25, 0.3) is 88.4 Å². The monoisotopic (exact) mass is 688 g/mol. The summed E-state index contributed by atoms with van der Waals surface area (Å²) in [6.07, 6.45) is 0. The molecule has 8 aromatic carbocycles. The molecule has 0 amide bonds. The van der Waals surface area contributed by atoms with E-state index in [0.717, 1.165) is 49.6 Å². The van der Waals surface area contributed by atoms with E-state index < -0.39 is 5.41 Å². The van der Waals surface area contributed by atoms with E-state index in [4.69, 9.17) is 8.83 Å². The lowest BCUT2D eigenvalue weighted by Crippen LogP contribution is -2.25. The zero-order valence-electron chi connectivity index (χ0n) is 29.8. The van der Waals surface area contributed by atoms with Crippen LogP contribution in [0.15, 0.2) is 167 Å². The van der Waals surface area contributed by atoms with Crippen LogP contribution in [0.1, 0.15) is 47.2 Å². The third-order valence-electron chi connectivity index (χ3n) is 13.1. The number of furan rings is 2. The minimum absolute atomic E-state index is 0.0706. The highest BCUT2D eigenvalue weighted by Crippen LogP contribution is 2.66. The molecule has 252 valence electrons. The van der Waals surface area contributed by atoms with Gasteiger partial charge in [-0.1, -0.05) is 141 Å². The van der Waals surface area contributed by atoms with Crippen LogP contribution in [0.5, 0.6) is 0 Å². The molecule has 0 unspecified atom stereocenters. The van der Waals surface area contributed by atoms with E-state index in [1.165, 1.54) is 72.1 Å². The Morgan fingerprint density at radius 2 is 0.907 bits per heavy atom. The van der Waals surface area contributed by atoms with Crippen molar-refractivity contribution in [3.05, 3.63) is 191 Å². The minimum Gasteiger partial charge on any atom is -0.456 e. The lowest BCUT2D eigenvalue weighted by Gasteiger charge is -2.31. The van der Waals surface area contributed by atoms with E-state index in [9.17, 15) is 0 Å². The van der Waals surface area contributed by atoms with Gasteiger partial charge in [-0.05, 0) is 103 Å². The molecule has 0 N–H and O–H groups in total. The third-order valence-corrected chi connectivity index (χ3v) is 13.1. The van der Waals surface area contributed by atoms with Crippen molar-refractivity contribution in [3.8, 4) is 44.5 Å². The van der Waals surface area contributed by atoms with Crippen LogP contribution < -0.4 is 0 Å². The molecule has 3 aliphatic rings. The average Bonchev–Trinajstić information content (AvgIpc) is 3.99. The van der Waals surface area contributed by atoms with E-state index >= 15 is 0 Å². The minimum atomic E-state index is -0.545. The molecule has 2 heterocycles. The van der Waals surface area contributed by atoms with Gasteiger partial charge in [0.15, 0.2) is 0 Å². The summed E-state index contributed by atoms with van der Waals surface area (Å²) in [5, 5.41) is 4.60. The molecule has 0 saturated heterocycles. The molecule has 0 fully saturated rings. The topological polar surface area (TPSA) is 26.3 Å². The van der Waals surface area contributed by atoms with Gasteiger partial charge >= 0.3 is 0 Å². The van der Waals surface area contributed by atoms with E-state index in [-0.39, 0.29) is 5.41 Å². The predicted octanol–water partition coefficient (Wildman–Crippen LogP) is 13.8. The fraction of sp³-hybridized carbons (Fsp3) is 0.0769. The number of hydrogen-bond acceptors (Lipinski definition) is 2. The molecule has 13 rings (SSSR count). The summed E-state index contributed by atoms with van der Waals surface area (Å²) in [5.41, 5.74) is 21.0. The van der Waals surface area contributed by atoms with Gasteiger partial charge in [-0.25, -0.2) is 0 Å². The molecule has 2 nitrogen and oxygen atoms in total. The summed E-state index contributed by atoms with van der Waals surface area (Å²) in [5.74, 6) is 0. The lowest BCUT2D eigenvalue weighted by molar-refractivity contribution is 0.660. The van der Waals surface area contributed by atoms with Gasteiger partial charge in [0.05, 0.1) is 5.41 Å². The van der Waals surface area contributed by atoms with Crippen molar-refractivity contribution < 1.29 is 8.83 Å². The Kier molecular flexibility index (Phi) is 5.17. The van der Waals surface area contributed by atoms with Crippen molar-refractivity contribution in [2.24, 2.45) is 0 Å². The van der Waals surface area contributed by atoms with Crippen molar-refractivity contribution in [3.63, 3.8) is 0 Å². The molecule has 0 aliphatic heterocycles. The number of benzene rings is 8. The summed E-state index contributed by atoms with van der Waals surface area (Å²) >= 11 is 0. The van der Waals surface area contributed by atoms with Crippen molar-refractivity contribution in [2.45, 2.75) is 24.7 Å². The van der Waals surface area contributed by atoms with Gasteiger partial charge < -0.3 is 8.83 Å². The van der Waals surface area contributed by atoms with Crippen LogP contribution in [0.2, 0.25) is 0 Å². The maximum absolute atomic E-state index is 7.06. The Bertz CT molecular complexity index is 3270. The van der Waals surface area contributed by atoms with E-state index in [0.29, 0.717) is 0 Å². The second-order valence-corrected chi connectivity index (χ2v) is 15.9. The molecule has 0 saturated carbocycles. The number of rotatable bonds is 1. The fourth-order valence-corrected chi connectivity index (χ4v) is 10.9. The maximum atomic E-state index is 7.06. The maximum Gasteiger partial charge on any atom is 0.143 e. The summed E-state index contributed by atoms with van der Waals surface area (Å²) < 4.78 is 13.7. The van der Waals surface area contributed by atoms with Gasteiger partial charge in [0.2, 0.25) is 0 Å². The smallest absolute Gasteiger partial charge is 0.143 e. The number of fused-ring (bicyclic) bond motifs is 21. The molecule has 0 radical (unpaired) electrons. The molecule has 3 aliphatic carbocycles. The zero-order valence-corrected chi connectivity index (χ0v) is 29.8. The molecule has 0 bridgehead atoms. The summed E-state index contributed by atoms with van der Waals surface area (Å²) in [6, 6.07) is 58.2. The quantitative estimate of drug-likeness (QED) is 0.172. The van der Waals surface area contributed by atoms with E-state index in [1.807, 2.05) is 0 Å². The van der Waals surface area contributed by atoms with Crippen molar-refractivity contribution in [1.82, 2.24) is 0 Å². The highest BCUT2D eigenvalue weighted by atomic mass is 16.3. The van der Waals surface area contributed by atoms with Crippen LogP contribution in [0.3, 0.4) is 0 Å². The highest BCUT2D eigenvalue weighted by molar-refractivity contribution is 6.25. The molecule has 2 aromatic heterocycles. The van der Waals surface area contributed by atoms with Gasteiger partial charge in [-0.15, -0.1) is 0 Å². The second-order valence-electron chi connectivity index (χ2n) is 15.9. The second kappa shape index (κ2) is 9.66. The van der Waals surface area contributed by atoms with E-state index in [1.54, 1.807) is 0 Å². The molecule has 54 heavy (non-hydrogen) atoms. The first kappa shape index (κ1) is 28.9. The molecule has 0 atom stereocenters. The van der Waals surface area contributed by atoms with Crippen LogP contribution in [-0.4, -0.2) is 0 Å². The molecule has 10 aromatic rings. The molecule has 2 heteroatoms. The first-order valence-electron chi connectivity index (χ1n) is 18.9. The summed E-state index contributed by atoms with van der Waals surface area (Å²) in [7, 11) is 0. The molecular formula is C52H32O2. The zero-order chi connectivity index (χ0) is 35.5.